The van der Waals surface area contributed by atoms with Crippen LogP contribution in [0.2, 0.25) is 0 Å². The zero-order valence-corrected chi connectivity index (χ0v) is 12.8. The highest BCUT2D eigenvalue weighted by atomic mass is 16.4. The molecule has 1 saturated carbocycles. The predicted octanol–water partition coefficient (Wildman–Crippen LogP) is 3.71. The molecule has 21 heavy (non-hydrogen) atoms. The molecule has 3 rings (SSSR count). The Morgan fingerprint density at radius 3 is 2.76 bits per heavy atom. The van der Waals surface area contributed by atoms with E-state index in [1.165, 1.54) is 37.7 Å². The molecular weight excluding hydrogens is 262 g/mol. The van der Waals surface area contributed by atoms with Crippen LogP contribution in [0.25, 0.3) is 0 Å². The lowest BCUT2D eigenvalue weighted by Gasteiger charge is -2.39. The number of carboxylic acid groups (broad SMARTS) is 1. The van der Waals surface area contributed by atoms with Crippen LogP contribution < -0.4 is 0 Å². The van der Waals surface area contributed by atoms with E-state index in [-0.39, 0.29) is 0 Å². The minimum absolute atomic E-state index is 0.498. The molecule has 0 aromatic heterocycles. The van der Waals surface area contributed by atoms with Gasteiger partial charge in [0.05, 0.1) is 5.56 Å². The molecule has 1 heterocycles. The van der Waals surface area contributed by atoms with Gasteiger partial charge in [0.1, 0.15) is 0 Å². The molecule has 1 N–H and O–H groups in total. The van der Waals surface area contributed by atoms with Crippen molar-refractivity contribution in [3.63, 3.8) is 0 Å². The highest BCUT2D eigenvalue weighted by Gasteiger charge is 2.29. The summed E-state index contributed by atoms with van der Waals surface area (Å²) in [6, 6.07) is 6.34. The summed E-state index contributed by atoms with van der Waals surface area (Å²) < 4.78 is 0. The van der Waals surface area contributed by atoms with Gasteiger partial charge in [0.15, 0.2) is 0 Å². The van der Waals surface area contributed by atoms with E-state index in [0.717, 1.165) is 31.0 Å². The normalized spacial score (nSPS) is 21.8. The predicted molar refractivity (Wildman–Crippen MR) is 83.6 cm³/mol. The molecule has 1 fully saturated rings. The Balaban J connectivity index is 1.75. The van der Waals surface area contributed by atoms with Gasteiger partial charge in [-0.1, -0.05) is 31.4 Å². The number of hydrogen-bond acceptors (Lipinski definition) is 2. The molecule has 1 aromatic rings. The molecule has 1 aromatic carbocycles. The molecule has 1 unspecified atom stereocenters. The SMILES string of the molecule is CC(C1CCCCC1)N1CCc2c(cccc2C(=O)O)C1. The molecule has 0 amide bonds. The number of hydrogen-bond donors (Lipinski definition) is 1. The zero-order chi connectivity index (χ0) is 14.8. The minimum Gasteiger partial charge on any atom is -0.478 e. The fourth-order valence-electron chi connectivity index (χ4n) is 4.09. The van der Waals surface area contributed by atoms with Gasteiger partial charge in [0, 0.05) is 19.1 Å². The maximum Gasteiger partial charge on any atom is 0.335 e. The monoisotopic (exact) mass is 287 g/mol. The van der Waals surface area contributed by atoms with Gasteiger partial charge in [0.2, 0.25) is 0 Å². The van der Waals surface area contributed by atoms with Crippen molar-refractivity contribution in [1.82, 2.24) is 4.90 Å². The summed E-state index contributed by atoms with van der Waals surface area (Å²) in [6.45, 7) is 4.27. The van der Waals surface area contributed by atoms with Gasteiger partial charge in [-0.3, -0.25) is 4.90 Å². The van der Waals surface area contributed by atoms with Gasteiger partial charge < -0.3 is 5.11 Å². The lowest BCUT2D eigenvalue weighted by Crippen LogP contribution is -2.42. The molecule has 3 nitrogen and oxygen atoms in total. The Hall–Kier alpha value is -1.35. The second kappa shape index (κ2) is 6.18. The van der Waals surface area contributed by atoms with E-state index in [9.17, 15) is 9.90 Å². The van der Waals surface area contributed by atoms with Crippen LogP contribution in [-0.4, -0.2) is 28.6 Å². The number of carbonyl (C=O) groups is 1. The summed E-state index contributed by atoms with van der Waals surface area (Å²) in [5.74, 6) is 0.0311. The van der Waals surface area contributed by atoms with Crippen molar-refractivity contribution < 1.29 is 9.90 Å². The van der Waals surface area contributed by atoms with Crippen LogP contribution >= 0.6 is 0 Å². The molecule has 114 valence electrons. The smallest absolute Gasteiger partial charge is 0.335 e. The molecule has 0 radical (unpaired) electrons. The summed E-state index contributed by atoms with van der Waals surface area (Å²) in [5.41, 5.74) is 2.76. The summed E-state index contributed by atoms with van der Waals surface area (Å²) in [6.07, 6.45) is 7.74. The van der Waals surface area contributed by atoms with Crippen molar-refractivity contribution >= 4 is 5.97 Å². The van der Waals surface area contributed by atoms with Crippen LogP contribution in [0.1, 0.15) is 60.5 Å². The van der Waals surface area contributed by atoms with Crippen LogP contribution in [0.4, 0.5) is 0 Å². The standard InChI is InChI=1S/C18H25NO2/c1-13(14-6-3-2-4-7-14)19-11-10-16-15(12-19)8-5-9-17(16)18(20)21/h5,8-9,13-14H,2-4,6-7,10-12H2,1H3,(H,20,21). The van der Waals surface area contributed by atoms with Gasteiger partial charge in [-0.15, -0.1) is 0 Å². The van der Waals surface area contributed by atoms with E-state index in [4.69, 9.17) is 0 Å². The summed E-state index contributed by atoms with van der Waals surface area (Å²) in [7, 11) is 0. The first-order valence-corrected chi connectivity index (χ1v) is 8.25. The average molecular weight is 287 g/mol. The van der Waals surface area contributed by atoms with Crippen molar-refractivity contribution in [1.29, 1.82) is 0 Å². The Morgan fingerprint density at radius 1 is 1.29 bits per heavy atom. The third-order valence-electron chi connectivity index (χ3n) is 5.43. The number of rotatable bonds is 3. The fourth-order valence-corrected chi connectivity index (χ4v) is 4.09. The fraction of sp³-hybridized carbons (Fsp3) is 0.611. The Kier molecular flexibility index (Phi) is 4.29. The van der Waals surface area contributed by atoms with Crippen LogP contribution in [0.3, 0.4) is 0 Å². The van der Waals surface area contributed by atoms with Gasteiger partial charge >= 0.3 is 5.97 Å². The highest BCUT2D eigenvalue weighted by Crippen LogP contribution is 2.32. The molecular formula is C18H25NO2. The third-order valence-corrected chi connectivity index (χ3v) is 5.43. The average Bonchev–Trinajstić information content (AvgIpc) is 2.53. The lowest BCUT2D eigenvalue weighted by atomic mass is 9.83. The van der Waals surface area contributed by atoms with Gasteiger partial charge in [0.25, 0.3) is 0 Å². The number of fused-ring (bicyclic) bond motifs is 1. The Labute approximate surface area is 127 Å². The van der Waals surface area contributed by atoms with Crippen molar-refractivity contribution in [2.24, 2.45) is 5.92 Å². The second-order valence-electron chi connectivity index (χ2n) is 6.61. The van der Waals surface area contributed by atoms with E-state index in [2.05, 4.69) is 17.9 Å². The first kappa shape index (κ1) is 14.6. The highest BCUT2D eigenvalue weighted by molar-refractivity contribution is 5.89. The molecule has 1 aliphatic heterocycles. The number of nitrogens with zero attached hydrogens (tertiary/aromatic N) is 1. The van der Waals surface area contributed by atoms with E-state index in [1.54, 1.807) is 6.07 Å². The quantitative estimate of drug-likeness (QED) is 0.921. The summed E-state index contributed by atoms with van der Waals surface area (Å²) in [4.78, 5) is 13.9. The van der Waals surface area contributed by atoms with Crippen LogP contribution in [0.15, 0.2) is 18.2 Å². The number of benzene rings is 1. The molecule has 0 saturated heterocycles. The first-order valence-electron chi connectivity index (χ1n) is 8.25. The van der Waals surface area contributed by atoms with Gasteiger partial charge in [-0.05, 0) is 49.3 Å². The summed E-state index contributed by atoms with van der Waals surface area (Å²) in [5, 5.41) is 9.31. The molecule has 0 spiro atoms. The maximum absolute atomic E-state index is 11.3. The topological polar surface area (TPSA) is 40.5 Å². The van der Waals surface area contributed by atoms with Gasteiger partial charge in [-0.2, -0.15) is 0 Å². The van der Waals surface area contributed by atoms with Crippen molar-refractivity contribution in [2.75, 3.05) is 6.54 Å². The Bertz CT molecular complexity index is 520. The Morgan fingerprint density at radius 2 is 2.05 bits per heavy atom. The van der Waals surface area contributed by atoms with E-state index < -0.39 is 5.97 Å². The van der Waals surface area contributed by atoms with E-state index >= 15 is 0 Å². The van der Waals surface area contributed by atoms with Crippen molar-refractivity contribution in [3.8, 4) is 0 Å². The molecule has 2 aliphatic rings. The van der Waals surface area contributed by atoms with Crippen LogP contribution in [-0.2, 0) is 13.0 Å². The van der Waals surface area contributed by atoms with Gasteiger partial charge in [-0.25, -0.2) is 4.79 Å². The lowest BCUT2D eigenvalue weighted by molar-refractivity contribution is 0.0693. The van der Waals surface area contributed by atoms with E-state index in [0.29, 0.717) is 11.6 Å². The molecule has 1 atom stereocenters. The molecule has 1 aliphatic carbocycles. The molecule has 0 bridgehead atoms. The zero-order valence-electron chi connectivity index (χ0n) is 12.8. The van der Waals surface area contributed by atoms with Crippen LogP contribution in [0.5, 0.6) is 0 Å². The van der Waals surface area contributed by atoms with Crippen molar-refractivity contribution in [3.05, 3.63) is 34.9 Å². The van der Waals surface area contributed by atoms with Crippen molar-refractivity contribution in [2.45, 2.75) is 58.0 Å². The minimum atomic E-state index is -0.791. The maximum atomic E-state index is 11.3. The molecule has 3 heteroatoms. The number of aromatic carboxylic acids is 1. The largest absolute Gasteiger partial charge is 0.478 e. The van der Waals surface area contributed by atoms with Crippen LogP contribution in [0, 0.1) is 5.92 Å². The number of carboxylic acids is 1. The van der Waals surface area contributed by atoms with E-state index in [1.807, 2.05) is 6.07 Å². The second-order valence-corrected chi connectivity index (χ2v) is 6.61. The summed E-state index contributed by atoms with van der Waals surface area (Å²) >= 11 is 0. The third kappa shape index (κ3) is 2.98. The first-order chi connectivity index (χ1) is 10.2.